The molecule has 4 heterocycles. The molecule has 1 aromatic carbocycles. The van der Waals surface area contributed by atoms with E-state index >= 15 is 0 Å². The van der Waals surface area contributed by atoms with Crippen molar-refractivity contribution in [2.45, 2.75) is 0 Å². The van der Waals surface area contributed by atoms with Crippen molar-refractivity contribution < 1.29 is 0 Å². The summed E-state index contributed by atoms with van der Waals surface area (Å²) < 4.78 is 0. The van der Waals surface area contributed by atoms with Crippen LogP contribution in [0.1, 0.15) is 5.56 Å². The van der Waals surface area contributed by atoms with E-state index in [9.17, 15) is 0 Å². The Bertz CT molecular complexity index is 1310. The second-order valence-corrected chi connectivity index (χ2v) is 9.15. The Morgan fingerprint density at radius 2 is 1.69 bits per heavy atom. The van der Waals surface area contributed by atoms with Gasteiger partial charge in [-0.05, 0) is 53.9 Å². The van der Waals surface area contributed by atoms with Crippen LogP contribution in [0.4, 0.5) is 17.3 Å². The zero-order chi connectivity index (χ0) is 25.5. The zero-order valence-corrected chi connectivity index (χ0v) is 21.6. The maximum atomic E-state index is 4.40. The predicted molar refractivity (Wildman–Crippen MR) is 153 cm³/mol. The molecule has 1 N–H and O–H groups in total. The summed E-state index contributed by atoms with van der Waals surface area (Å²) in [5.41, 5.74) is 4.51. The fourth-order valence-electron chi connectivity index (χ4n) is 4.06. The summed E-state index contributed by atoms with van der Waals surface area (Å²) in [7, 11) is 8.07. The smallest absolute Gasteiger partial charge is 0.129 e. The Hall–Kier alpha value is -3.97. The molecule has 1 aliphatic heterocycles. The third-order valence-corrected chi connectivity index (χ3v) is 6.38. The number of nitrogens with one attached hydrogen (secondary N) is 1. The van der Waals surface area contributed by atoms with Gasteiger partial charge in [-0.3, -0.25) is 4.98 Å². The van der Waals surface area contributed by atoms with Crippen LogP contribution in [0.2, 0.25) is 0 Å². The van der Waals surface area contributed by atoms with Gasteiger partial charge in [0.2, 0.25) is 0 Å². The van der Waals surface area contributed by atoms with Gasteiger partial charge in [0.25, 0.3) is 0 Å². The van der Waals surface area contributed by atoms with Crippen LogP contribution in [-0.2, 0) is 0 Å². The number of piperazine rings is 1. The number of aromatic nitrogens is 3. The highest BCUT2D eigenvalue weighted by molar-refractivity contribution is 5.88. The molecule has 186 valence electrons. The summed E-state index contributed by atoms with van der Waals surface area (Å²) in [5, 5.41) is 5.37. The number of anilines is 3. The molecule has 0 bridgehead atoms. The van der Waals surface area contributed by atoms with E-state index in [2.05, 4.69) is 85.0 Å². The second-order valence-electron chi connectivity index (χ2n) is 9.15. The molecule has 0 spiro atoms. The lowest BCUT2D eigenvalue weighted by Gasteiger charge is -2.33. The van der Waals surface area contributed by atoms with Gasteiger partial charge in [0.1, 0.15) is 11.6 Å². The summed E-state index contributed by atoms with van der Waals surface area (Å²) in [6.07, 6.45) is 9.37. The van der Waals surface area contributed by atoms with Crippen LogP contribution < -0.4 is 15.1 Å². The van der Waals surface area contributed by atoms with Crippen LogP contribution >= 0.6 is 0 Å². The van der Waals surface area contributed by atoms with Gasteiger partial charge in [-0.25, -0.2) is 9.97 Å². The number of nitrogens with zero attached hydrogens (tertiary/aromatic N) is 6. The molecule has 1 aliphatic rings. The highest BCUT2D eigenvalue weighted by Gasteiger charge is 2.14. The third-order valence-electron chi connectivity index (χ3n) is 6.38. The Morgan fingerprint density at radius 1 is 0.889 bits per heavy atom. The molecule has 0 aliphatic carbocycles. The quantitative estimate of drug-likeness (QED) is 0.436. The summed E-state index contributed by atoms with van der Waals surface area (Å²) in [6, 6.07) is 14.7. The van der Waals surface area contributed by atoms with Gasteiger partial charge in [0, 0.05) is 76.9 Å². The van der Waals surface area contributed by atoms with Crippen LogP contribution in [0.5, 0.6) is 0 Å². The van der Waals surface area contributed by atoms with Crippen LogP contribution in [0, 0.1) is 0 Å². The molecule has 36 heavy (non-hydrogen) atoms. The van der Waals surface area contributed by atoms with E-state index in [1.54, 1.807) is 0 Å². The number of benzene rings is 1. The molecular formula is C29H35N7. The Labute approximate surface area is 214 Å². The zero-order valence-electron chi connectivity index (χ0n) is 21.6. The van der Waals surface area contributed by atoms with E-state index < -0.39 is 0 Å². The van der Waals surface area contributed by atoms with Crippen LogP contribution in [0.3, 0.4) is 0 Å². The van der Waals surface area contributed by atoms with Crippen molar-refractivity contribution in [3.05, 3.63) is 79.4 Å². The summed E-state index contributed by atoms with van der Waals surface area (Å²) in [4.78, 5) is 19.8. The Morgan fingerprint density at radius 3 is 2.42 bits per heavy atom. The van der Waals surface area contributed by atoms with E-state index in [0.29, 0.717) is 0 Å². The lowest BCUT2D eigenvalue weighted by atomic mass is 10.0. The molecule has 4 aromatic rings. The third kappa shape index (κ3) is 6.17. The molecule has 0 amide bonds. The van der Waals surface area contributed by atoms with Gasteiger partial charge in [0.05, 0.1) is 11.9 Å². The molecule has 0 radical (unpaired) electrons. The summed E-state index contributed by atoms with van der Waals surface area (Å²) >= 11 is 0. The molecule has 7 heteroatoms. The number of rotatable bonds is 5. The molecule has 0 saturated carbocycles. The van der Waals surface area contributed by atoms with Crippen molar-refractivity contribution in [1.82, 2.24) is 19.9 Å². The average Bonchev–Trinajstić information content (AvgIpc) is 2.93. The minimum atomic E-state index is 0.875. The van der Waals surface area contributed by atoms with Crippen molar-refractivity contribution in [1.29, 1.82) is 0 Å². The van der Waals surface area contributed by atoms with Crippen molar-refractivity contribution in [2.75, 3.05) is 69.5 Å². The SMILES string of the molecule is C=Cc1ccnc(N2CCN(C)CC2)c1.CNc1cc2cc(-c3cncc(N(C)C)c3)ccc2cn1. The molecule has 0 atom stereocenters. The van der Waals surface area contributed by atoms with Crippen LogP contribution in [-0.4, -0.2) is 74.2 Å². The standard InChI is InChI=1S/C17H18N4.C12H17N3/c1-18-17-8-14-6-12(4-5-13(14)10-20-17)15-7-16(21(2)3)11-19-9-15;1-3-11-4-5-13-12(10-11)15-8-6-14(2)7-9-15/h4-11H,1-3H3,(H,18,20);3-5,10H,1,6-9H2,2H3. The first-order chi connectivity index (χ1) is 17.5. The van der Waals surface area contributed by atoms with E-state index in [0.717, 1.165) is 65.6 Å². The molecule has 1 fully saturated rings. The highest BCUT2D eigenvalue weighted by atomic mass is 15.3. The minimum absolute atomic E-state index is 0.875. The van der Waals surface area contributed by atoms with Crippen molar-refractivity contribution in [2.24, 2.45) is 0 Å². The molecule has 7 nitrogen and oxygen atoms in total. The number of pyridine rings is 3. The van der Waals surface area contributed by atoms with Gasteiger partial charge in [-0.15, -0.1) is 0 Å². The summed E-state index contributed by atoms with van der Waals surface area (Å²) in [6.45, 7) is 8.12. The molecule has 5 rings (SSSR count). The first kappa shape index (κ1) is 25.1. The average molecular weight is 482 g/mol. The Kier molecular flexibility index (Phi) is 8.13. The topological polar surface area (TPSA) is 60.4 Å². The second kappa shape index (κ2) is 11.6. The van der Waals surface area contributed by atoms with E-state index in [1.165, 1.54) is 5.39 Å². The van der Waals surface area contributed by atoms with Crippen molar-refractivity contribution >= 4 is 34.2 Å². The number of likely N-dealkylation sites (N-methyl/N-ethyl adjacent to an activating group) is 1. The van der Waals surface area contributed by atoms with Crippen LogP contribution in [0.25, 0.3) is 28.0 Å². The predicted octanol–water partition coefficient (Wildman–Crippen LogP) is 4.88. The van der Waals surface area contributed by atoms with Gasteiger partial charge >= 0.3 is 0 Å². The van der Waals surface area contributed by atoms with Crippen molar-refractivity contribution in [3.63, 3.8) is 0 Å². The lowest BCUT2D eigenvalue weighted by Crippen LogP contribution is -2.44. The molecule has 1 saturated heterocycles. The molecule has 3 aromatic heterocycles. The van der Waals surface area contributed by atoms with Gasteiger partial charge in [-0.2, -0.15) is 0 Å². The Balaban J connectivity index is 0.000000179. The fourth-order valence-corrected chi connectivity index (χ4v) is 4.06. The molecular weight excluding hydrogens is 446 g/mol. The van der Waals surface area contributed by atoms with E-state index in [1.807, 2.05) is 58.1 Å². The maximum Gasteiger partial charge on any atom is 0.129 e. The van der Waals surface area contributed by atoms with Gasteiger partial charge in [-0.1, -0.05) is 24.8 Å². The normalized spacial score (nSPS) is 13.6. The number of hydrogen-bond donors (Lipinski definition) is 1. The monoisotopic (exact) mass is 481 g/mol. The van der Waals surface area contributed by atoms with E-state index in [4.69, 9.17) is 0 Å². The first-order valence-electron chi connectivity index (χ1n) is 12.2. The van der Waals surface area contributed by atoms with Gasteiger partial charge < -0.3 is 20.0 Å². The lowest BCUT2D eigenvalue weighted by molar-refractivity contribution is 0.312. The highest BCUT2D eigenvalue weighted by Crippen LogP contribution is 2.27. The number of fused-ring (bicyclic) bond motifs is 1. The minimum Gasteiger partial charge on any atom is -0.376 e. The summed E-state index contributed by atoms with van der Waals surface area (Å²) in [5.74, 6) is 1.94. The largest absolute Gasteiger partial charge is 0.376 e. The van der Waals surface area contributed by atoms with Crippen LogP contribution in [0.15, 0.2) is 73.8 Å². The van der Waals surface area contributed by atoms with Crippen molar-refractivity contribution in [3.8, 4) is 11.1 Å². The van der Waals surface area contributed by atoms with Gasteiger partial charge in [0.15, 0.2) is 0 Å². The fraction of sp³-hybridized carbons (Fsp3) is 0.276. The number of hydrogen-bond acceptors (Lipinski definition) is 7. The van der Waals surface area contributed by atoms with E-state index in [-0.39, 0.29) is 0 Å². The molecule has 0 unspecified atom stereocenters. The maximum absolute atomic E-state index is 4.40. The first-order valence-corrected chi connectivity index (χ1v) is 12.2.